The van der Waals surface area contributed by atoms with E-state index in [-0.39, 0.29) is 56.8 Å². The van der Waals surface area contributed by atoms with E-state index < -0.39 is 6.98 Å². The van der Waals surface area contributed by atoms with Crippen molar-refractivity contribution >= 4 is 6.98 Å². The molecule has 0 atom stereocenters. The van der Waals surface area contributed by atoms with Crippen LogP contribution in [0.15, 0.2) is 11.5 Å². The minimum atomic E-state index is -4.73. The standard InChI is InChI=1S/C7H11BF3.K/c1-6(5-8(9,10)11)7(2)3-4-7;/h5H,3-4H2,1-2H3;/q-1;+1/b6-5+;. The minimum Gasteiger partial charge on any atom is -0.445 e. The fourth-order valence-corrected chi connectivity index (χ4v) is 1.07. The van der Waals surface area contributed by atoms with Crippen molar-refractivity contribution in [2.45, 2.75) is 26.7 Å². The Morgan fingerprint density at radius 3 is 2.00 bits per heavy atom. The van der Waals surface area contributed by atoms with Gasteiger partial charge in [-0.05, 0) is 25.2 Å². The van der Waals surface area contributed by atoms with E-state index in [1.165, 1.54) is 0 Å². The SMILES string of the molecule is C/C(=C\[B-](F)(F)F)C1(C)CC1.[K+]. The van der Waals surface area contributed by atoms with Gasteiger partial charge in [-0.3, -0.25) is 0 Å². The van der Waals surface area contributed by atoms with Gasteiger partial charge < -0.3 is 12.9 Å². The van der Waals surface area contributed by atoms with Gasteiger partial charge in [-0.25, -0.2) is 0 Å². The molecule has 0 spiro atoms. The van der Waals surface area contributed by atoms with E-state index in [4.69, 9.17) is 0 Å². The first-order valence-corrected chi connectivity index (χ1v) is 3.73. The van der Waals surface area contributed by atoms with Crippen LogP contribution in [0.1, 0.15) is 26.7 Å². The molecule has 0 unspecified atom stereocenters. The molecule has 64 valence electrons. The van der Waals surface area contributed by atoms with Crippen molar-refractivity contribution in [2.24, 2.45) is 5.41 Å². The van der Waals surface area contributed by atoms with E-state index in [1.54, 1.807) is 6.92 Å². The van der Waals surface area contributed by atoms with Crippen LogP contribution in [0.25, 0.3) is 0 Å². The van der Waals surface area contributed by atoms with Crippen molar-refractivity contribution in [1.82, 2.24) is 0 Å². The number of halogens is 3. The van der Waals surface area contributed by atoms with Crippen LogP contribution in [-0.2, 0) is 0 Å². The van der Waals surface area contributed by atoms with Gasteiger partial charge in [-0.2, -0.15) is 0 Å². The molecule has 0 aromatic carbocycles. The van der Waals surface area contributed by atoms with E-state index in [0.717, 1.165) is 12.8 Å². The molecule has 0 aromatic heterocycles. The quantitative estimate of drug-likeness (QED) is 0.558. The van der Waals surface area contributed by atoms with Crippen LogP contribution in [0, 0.1) is 5.41 Å². The Labute approximate surface area is 113 Å². The topological polar surface area (TPSA) is 0 Å². The largest absolute Gasteiger partial charge is 1.00 e. The Kier molecular flexibility index (Phi) is 4.60. The molecule has 1 aliphatic carbocycles. The second kappa shape index (κ2) is 4.17. The van der Waals surface area contributed by atoms with Gasteiger partial charge in [0.15, 0.2) is 0 Å². The van der Waals surface area contributed by atoms with Gasteiger partial charge >= 0.3 is 58.4 Å². The molecule has 0 radical (unpaired) electrons. The smallest absolute Gasteiger partial charge is 0.445 e. The summed E-state index contributed by atoms with van der Waals surface area (Å²) in [6.07, 6.45) is 1.81. The molecule has 0 aromatic rings. The monoisotopic (exact) mass is 202 g/mol. The minimum absolute atomic E-state index is 0. The van der Waals surface area contributed by atoms with Gasteiger partial charge in [0.05, 0.1) is 0 Å². The summed E-state index contributed by atoms with van der Waals surface area (Å²) in [6, 6.07) is 0. The predicted octanol–water partition coefficient (Wildman–Crippen LogP) is 0.123. The number of rotatable bonds is 2. The molecule has 0 heterocycles. The molecular weight excluding hydrogens is 191 g/mol. The second-order valence-corrected chi connectivity index (χ2v) is 3.54. The van der Waals surface area contributed by atoms with Crippen molar-refractivity contribution in [1.29, 1.82) is 0 Å². The molecule has 12 heavy (non-hydrogen) atoms. The van der Waals surface area contributed by atoms with E-state index in [0.29, 0.717) is 11.5 Å². The summed E-state index contributed by atoms with van der Waals surface area (Å²) >= 11 is 0. The summed E-state index contributed by atoms with van der Waals surface area (Å²) in [4.78, 5) is 0. The molecule has 0 nitrogen and oxygen atoms in total. The third kappa shape index (κ3) is 3.96. The molecule has 5 heteroatoms. The van der Waals surface area contributed by atoms with Gasteiger partial charge in [0.1, 0.15) is 0 Å². The fourth-order valence-electron chi connectivity index (χ4n) is 1.07. The first-order chi connectivity index (χ1) is 4.83. The molecule has 1 fully saturated rings. The summed E-state index contributed by atoms with van der Waals surface area (Å²) in [5.41, 5.74) is 0.363. The van der Waals surface area contributed by atoms with Crippen LogP contribution < -0.4 is 51.4 Å². The first-order valence-electron chi connectivity index (χ1n) is 3.73. The Bertz CT molecular complexity index is 193. The van der Waals surface area contributed by atoms with E-state index >= 15 is 0 Å². The molecule has 1 saturated carbocycles. The van der Waals surface area contributed by atoms with Crippen LogP contribution in [0.4, 0.5) is 12.9 Å². The summed E-state index contributed by atoms with van der Waals surface area (Å²) in [5.74, 6) is 0.479. The molecule has 0 bridgehead atoms. The maximum absolute atomic E-state index is 11.9. The summed E-state index contributed by atoms with van der Waals surface area (Å²) in [5, 5.41) is 0. The number of hydrogen-bond acceptors (Lipinski definition) is 0. The van der Waals surface area contributed by atoms with E-state index in [1.807, 2.05) is 6.92 Å². The van der Waals surface area contributed by atoms with Crippen LogP contribution in [0.5, 0.6) is 0 Å². The van der Waals surface area contributed by atoms with Gasteiger partial charge in [0.2, 0.25) is 0 Å². The van der Waals surface area contributed by atoms with Crippen LogP contribution in [0.2, 0.25) is 0 Å². The molecular formula is C7H11BF3K. The van der Waals surface area contributed by atoms with E-state index in [9.17, 15) is 12.9 Å². The zero-order valence-corrected chi connectivity index (χ0v) is 10.8. The van der Waals surface area contributed by atoms with Crippen LogP contribution >= 0.6 is 0 Å². The molecule has 0 N–H and O–H groups in total. The van der Waals surface area contributed by atoms with E-state index in [2.05, 4.69) is 0 Å². The van der Waals surface area contributed by atoms with Gasteiger partial charge in [0.25, 0.3) is 0 Å². The summed E-state index contributed by atoms with van der Waals surface area (Å²) in [7, 11) is 0. The van der Waals surface area contributed by atoms with Crippen molar-refractivity contribution in [3.63, 3.8) is 0 Å². The molecule has 0 aliphatic heterocycles. The van der Waals surface area contributed by atoms with Crippen molar-refractivity contribution in [3.05, 3.63) is 11.5 Å². The third-order valence-corrected chi connectivity index (χ3v) is 2.39. The Hall–Kier alpha value is 1.23. The molecule has 1 aliphatic rings. The van der Waals surface area contributed by atoms with Crippen molar-refractivity contribution in [3.8, 4) is 0 Å². The number of allylic oxidation sites excluding steroid dienone is 1. The predicted molar refractivity (Wildman–Crippen MR) is 40.2 cm³/mol. The number of hydrogen-bond donors (Lipinski definition) is 0. The van der Waals surface area contributed by atoms with Crippen molar-refractivity contribution < 1.29 is 64.3 Å². The van der Waals surface area contributed by atoms with Crippen LogP contribution in [-0.4, -0.2) is 6.98 Å². The normalized spacial score (nSPS) is 21.6. The average Bonchev–Trinajstić information content (AvgIpc) is 2.44. The summed E-state index contributed by atoms with van der Waals surface area (Å²) in [6.45, 7) is -1.28. The van der Waals surface area contributed by atoms with Crippen LogP contribution in [0.3, 0.4) is 0 Å². The Morgan fingerprint density at radius 1 is 1.33 bits per heavy atom. The molecule has 0 saturated heterocycles. The average molecular weight is 202 g/mol. The maximum atomic E-state index is 11.9. The zero-order chi connectivity index (χ0) is 8.70. The Morgan fingerprint density at radius 2 is 1.75 bits per heavy atom. The maximum Gasteiger partial charge on any atom is 1.00 e. The van der Waals surface area contributed by atoms with Gasteiger partial charge in [-0.15, -0.1) is 11.5 Å². The summed E-state index contributed by atoms with van der Waals surface area (Å²) < 4.78 is 35.6. The molecule has 1 rings (SSSR count). The van der Waals surface area contributed by atoms with Gasteiger partial charge in [-0.1, -0.05) is 6.92 Å². The fraction of sp³-hybridized carbons (Fsp3) is 0.714. The van der Waals surface area contributed by atoms with Crippen molar-refractivity contribution in [2.75, 3.05) is 0 Å². The Balaban J connectivity index is 0.00000121. The second-order valence-electron chi connectivity index (χ2n) is 3.54. The first kappa shape index (κ1) is 13.2. The third-order valence-electron chi connectivity index (χ3n) is 2.39. The zero-order valence-electron chi connectivity index (χ0n) is 7.70. The molecule has 0 amide bonds. The van der Waals surface area contributed by atoms with Gasteiger partial charge in [0, 0.05) is 0 Å².